The maximum atomic E-state index is 6.49. The summed E-state index contributed by atoms with van der Waals surface area (Å²) in [5.74, 6) is 9.34. The van der Waals surface area contributed by atoms with Gasteiger partial charge >= 0.3 is 0 Å². The van der Waals surface area contributed by atoms with Gasteiger partial charge in [-0.05, 0) is 85.1 Å². The van der Waals surface area contributed by atoms with Crippen LogP contribution in [0.3, 0.4) is 0 Å². The van der Waals surface area contributed by atoms with Crippen molar-refractivity contribution in [3.8, 4) is 23.2 Å². The van der Waals surface area contributed by atoms with E-state index >= 15 is 0 Å². The third-order valence-electron chi connectivity index (χ3n) is 7.95. The summed E-state index contributed by atoms with van der Waals surface area (Å²) >= 11 is 1.91. The number of allylic oxidation sites excluding steroid dienone is 5. The second kappa shape index (κ2) is 22.9. The van der Waals surface area contributed by atoms with Crippen LogP contribution in [-0.2, 0) is 10.5 Å². The normalized spacial score (nSPS) is 17.9. The first-order chi connectivity index (χ1) is 23.2. The molecule has 0 saturated carbocycles. The second-order valence-corrected chi connectivity index (χ2v) is 13.1. The molecule has 0 spiro atoms. The summed E-state index contributed by atoms with van der Waals surface area (Å²) in [6.45, 7) is 18.5. The van der Waals surface area contributed by atoms with E-state index in [1.165, 1.54) is 18.4 Å². The Morgan fingerprint density at radius 2 is 1.79 bits per heavy atom. The van der Waals surface area contributed by atoms with E-state index in [-0.39, 0.29) is 0 Å². The highest BCUT2D eigenvalue weighted by atomic mass is 32.2. The Morgan fingerprint density at radius 1 is 1.06 bits per heavy atom. The zero-order chi connectivity index (χ0) is 35.3. The van der Waals surface area contributed by atoms with Gasteiger partial charge in [0.25, 0.3) is 0 Å². The number of hydrogen-bond donors (Lipinski definition) is 1. The first-order valence-electron chi connectivity index (χ1n) is 17.5. The maximum absolute atomic E-state index is 6.49. The molecule has 6 nitrogen and oxygen atoms in total. The summed E-state index contributed by atoms with van der Waals surface area (Å²) in [6.07, 6.45) is 16.1. The van der Waals surface area contributed by atoms with Gasteiger partial charge in [-0.2, -0.15) is 11.8 Å². The van der Waals surface area contributed by atoms with Crippen molar-refractivity contribution < 1.29 is 9.26 Å². The van der Waals surface area contributed by atoms with Crippen molar-refractivity contribution in [1.29, 1.82) is 0 Å². The molecule has 2 N–H and O–H groups in total. The van der Waals surface area contributed by atoms with Gasteiger partial charge in [0.05, 0.1) is 23.6 Å². The Hall–Kier alpha value is -3.60. The van der Waals surface area contributed by atoms with Gasteiger partial charge in [-0.15, -0.1) is 0 Å². The number of aliphatic imine (C=N–C) groups is 2. The molecule has 260 valence electrons. The van der Waals surface area contributed by atoms with E-state index in [4.69, 9.17) is 15.0 Å². The molecule has 0 bridgehead atoms. The zero-order valence-corrected chi connectivity index (χ0v) is 31.7. The number of rotatable bonds is 14. The van der Waals surface area contributed by atoms with E-state index in [1.807, 2.05) is 63.9 Å². The first-order valence-corrected chi connectivity index (χ1v) is 18.6. The monoisotopic (exact) mass is 670 g/mol. The van der Waals surface area contributed by atoms with Gasteiger partial charge in [-0.25, -0.2) is 0 Å². The van der Waals surface area contributed by atoms with Gasteiger partial charge in [-0.1, -0.05) is 87.2 Å². The molecular formula is C41H58N4O2S. The van der Waals surface area contributed by atoms with E-state index in [0.717, 1.165) is 94.5 Å². The van der Waals surface area contributed by atoms with Crippen molar-refractivity contribution in [2.75, 3.05) is 5.75 Å². The largest absolute Gasteiger partial charge is 0.398 e. The zero-order valence-electron chi connectivity index (χ0n) is 30.9. The van der Waals surface area contributed by atoms with Crippen LogP contribution in [0.5, 0.6) is 0 Å². The fraction of sp³-hybridized carbons (Fsp3) is 0.488. The van der Waals surface area contributed by atoms with Crippen LogP contribution in [0.4, 0.5) is 0 Å². The quantitative estimate of drug-likeness (QED) is 0.123. The minimum Gasteiger partial charge on any atom is -0.398 e. The Balaban J connectivity index is 0.000000341. The predicted octanol–water partition coefficient (Wildman–Crippen LogP) is 10.9. The van der Waals surface area contributed by atoms with Gasteiger partial charge in [0.2, 0.25) is 0 Å². The summed E-state index contributed by atoms with van der Waals surface area (Å²) in [6, 6.07) is 10.2. The molecule has 0 aliphatic carbocycles. The molecule has 1 aliphatic rings. The standard InChI is InChI=1S/C24H37N3.C17H21NO2S/c1-8-12-14-18-27-20(6)16-17-22(15-13-9-2)23(21(7)26-11-4)24(25)19(5)10-3;1-12-8-9-15(19-12)10-21-11-16-13(2)18-20-17(16)14-6-4-3-5-7-14/h11,14-15,18H,8-10,12-13,25H2,1-7H3;3-7,12,15H,8-11H2,1-2H3/b18-14-,22-15-,23-21-,24-19-,26-11?,27-20?;. The van der Waals surface area contributed by atoms with Crippen LogP contribution in [0.1, 0.15) is 112 Å². The summed E-state index contributed by atoms with van der Waals surface area (Å²) in [5, 5.41) is 4.14. The van der Waals surface area contributed by atoms with Crippen LogP contribution < -0.4 is 5.73 Å². The highest BCUT2D eigenvalue weighted by molar-refractivity contribution is 7.98. The summed E-state index contributed by atoms with van der Waals surface area (Å²) in [4.78, 5) is 8.88. The Labute approximate surface area is 295 Å². The lowest BCUT2D eigenvalue weighted by molar-refractivity contribution is 0.0700. The van der Waals surface area contributed by atoms with Gasteiger partial charge in [0, 0.05) is 57.6 Å². The Bertz CT molecular complexity index is 1520. The molecular weight excluding hydrogens is 613 g/mol. The number of ether oxygens (including phenoxy) is 1. The topological polar surface area (TPSA) is 86.0 Å². The minimum absolute atomic E-state index is 0.408. The summed E-state index contributed by atoms with van der Waals surface area (Å²) in [5.41, 5.74) is 15.2. The van der Waals surface area contributed by atoms with Gasteiger partial charge in [-0.3, -0.25) is 9.98 Å². The smallest absolute Gasteiger partial charge is 0.171 e. The third-order valence-corrected chi connectivity index (χ3v) is 9.05. The van der Waals surface area contributed by atoms with Gasteiger partial charge in [0.1, 0.15) is 0 Å². The number of nitrogens with two attached hydrogens (primary N) is 1. The molecule has 3 rings (SSSR count). The van der Waals surface area contributed by atoms with Gasteiger partial charge in [0.15, 0.2) is 5.76 Å². The molecule has 1 fully saturated rings. The van der Waals surface area contributed by atoms with Crippen LogP contribution in [-0.4, -0.2) is 35.0 Å². The van der Waals surface area contributed by atoms with Crippen molar-refractivity contribution in [2.45, 2.75) is 125 Å². The van der Waals surface area contributed by atoms with Crippen molar-refractivity contribution >= 4 is 23.7 Å². The number of aryl methyl sites for hydroxylation is 1. The fourth-order valence-electron chi connectivity index (χ4n) is 4.97. The summed E-state index contributed by atoms with van der Waals surface area (Å²) < 4.78 is 11.4. The van der Waals surface area contributed by atoms with Crippen molar-refractivity contribution in [3.05, 3.63) is 88.1 Å². The molecule has 1 aromatic carbocycles. The molecule has 0 radical (unpaired) electrons. The molecule has 7 heteroatoms. The number of aromatic nitrogens is 1. The van der Waals surface area contributed by atoms with E-state index < -0.39 is 0 Å². The lowest BCUT2D eigenvalue weighted by Crippen LogP contribution is -2.11. The molecule has 2 aromatic rings. The van der Waals surface area contributed by atoms with Crippen molar-refractivity contribution in [2.24, 2.45) is 15.7 Å². The molecule has 1 aliphatic heterocycles. The van der Waals surface area contributed by atoms with E-state index in [1.54, 1.807) is 6.21 Å². The lowest BCUT2D eigenvalue weighted by atomic mass is 9.96. The van der Waals surface area contributed by atoms with Crippen LogP contribution >= 0.6 is 11.8 Å². The lowest BCUT2D eigenvalue weighted by Gasteiger charge is -2.13. The number of thioether (sulfide) groups is 1. The van der Waals surface area contributed by atoms with Crippen molar-refractivity contribution in [1.82, 2.24) is 5.16 Å². The number of nitrogens with zero attached hydrogens (tertiary/aromatic N) is 3. The highest BCUT2D eigenvalue weighted by Gasteiger charge is 2.22. The average molecular weight is 671 g/mol. The number of benzene rings is 1. The van der Waals surface area contributed by atoms with Crippen LogP contribution in [0.2, 0.25) is 0 Å². The van der Waals surface area contributed by atoms with Crippen LogP contribution in [0.25, 0.3) is 11.3 Å². The Morgan fingerprint density at radius 3 is 2.42 bits per heavy atom. The molecule has 1 saturated heterocycles. The SMILES string of the molecule is CC=N/C(C)=C(C(/C#CC(C)=N/C=C\CCC)=C\CCC)\C(N)=C(/C)CC.Cc1noc(-c2ccccc2)c1CSCC1CCC(C)O1. The molecule has 2 atom stereocenters. The van der Waals surface area contributed by atoms with E-state index in [0.29, 0.717) is 12.2 Å². The van der Waals surface area contributed by atoms with Crippen LogP contribution in [0.15, 0.2) is 91.3 Å². The maximum Gasteiger partial charge on any atom is 0.171 e. The summed E-state index contributed by atoms with van der Waals surface area (Å²) in [7, 11) is 0. The van der Waals surface area contributed by atoms with E-state index in [2.05, 4.69) is 85.9 Å². The number of unbranched alkanes of at least 4 members (excludes halogenated alkanes) is 2. The first kappa shape index (κ1) is 40.6. The fourth-order valence-corrected chi connectivity index (χ4v) is 6.14. The van der Waals surface area contributed by atoms with E-state index in [9.17, 15) is 0 Å². The second-order valence-electron chi connectivity index (χ2n) is 12.0. The molecule has 1 aromatic heterocycles. The highest BCUT2D eigenvalue weighted by Crippen LogP contribution is 2.31. The van der Waals surface area contributed by atoms with Gasteiger partial charge < -0.3 is 15.0 Å². The van der Waals surface area contributed by atoms with Crippen molar-refractivity contribution in [3.63, 3.8) is 0 Å². The minimum atomic E-state index is 0.408. The molecule has 0 amide bonds. The Kier molecular flexibility index (Phi) is 19.3. The molecule has 2 heterocycles. The third kappa shape index (κ3) is 13.9. The average Bonchev–Trinajstić information content (AvgIpc) is 3.68. The molecule has 2 unspecified atom stereocenters. The van der Waals surface area contributed by atoms with Crippen LogP contribution in [0, 0.1) is 18.8 Å². The predicted molar refractivity (Wildman–Crippen MR) is 208 cm³/mol. The molecule has 48 heavy (non-hydrogen) atoms. The number of hydrogen-bond acceptors (Lipinski definition) is 7.